The van der Waals surface area contributed by atoms with Crippen molar-refractivity contribution in [2.75, 3.05) is 20.2 Å². The van der Waals surface area contributed by atoms with E-state index in [-0.39, 0.29) is 18.2 Å². The van der Waals surface area contributed by atoms with Gasteiger partial charge in [-0.25, -0.2) is 0 Å². The molecule has 3 aromatic rings. The van der Waals surface area contributed by atoms with Crippen LogP contribution in [-0.2, 0) is 22.4 Å². The Hall–Kier alpha value is -3.67. The Kier molecular flexibility index (Phi) is 6.73. The summed E-state index contributed by atoms with van der Waals surface area (Å²) in [4.78, 5) is 31.4. The maximum atomic E-state index is 12.9. The first-order valence-corrected chi connectivity index (χ1v) is 11.2. The highest BCUT2D eigenvalue weighted by Gasteiger charge is 2.42. The van der Waals surface area contributed by atoms with Gasteiger partial charge in [-0.3, -0.25) is 14.6 Å². The average molecular weight is 444 g/mol. The van der Waals surface area contributed by atoms with Gasteiger partial charge in [-0.1, -0.05) is 42.5 Å². The van der Waals surface area contributed by atoms with E-state index in [2.05, 4.69) is 17.1 Å². The monoisotopic (exact) mass is 443 g/mol. The number of amides is 2. The zero-order valence-corrected chi connectivity index (χ0v) is 18.9. The zero-order chi connectivity index (χ0) is 23.3. The summed E-state index contributed by atoms with van der Waals surface area (Å²) in [6.45, 7) is 0.992. The van der Waals surface area contributed by atoms with Crippen LogP contribution < -0.4 is 10.5 Å². The molecule has 0 saturated carbocycles. The number of methoxy groups -OCH3 is 1. The lowest BCUT2D eigenvalue weighted by molar-refractivity contribution is -0.139. The number of hydrogen-bond donors (Lipinski definition) is 1. The fraction of sp³-hybridized carbons (Fsp3) is 0.296. The van der Waals surface area contributed by atoms with Crippen LogP contribution in [0.4, 0.5) is 0 Å². The summed E-state index contributed by atoms with van der Waals surface area (Å²) >= 11 is 0. The minimum atomic E-state index is -0.759. The number of nitrogens with zero attached hydrogens (tertiary/aromatic N) is 2. The zero-order valence-electron chi connectivity index (χ0n) is 18.9. The SMILES string of the molecule is COc1ccc(-c2ccc(C[C@]3(C(N)=O)CCCN(C(=O)Cc4cccnc4)C3)cc2)cc1. The summed E-state index contributed by atoms with van der Waals surface area (Å²) in [6, 6.07) is 19.8. The van der Waals surface area contributed by atoms with Gasteiger partial charge in [0, 0.05) is 25.5 Å². The van der Waals surface area contributed by atoms with Gasteiger partial charge in [0.05, 0.1) is 18.9 Å². The molecule has 1 atom stereocenters. The highest BCUT2D eigenvalue weighted by atomic mass is 16.5. The molecule has 0 unspecified atom stereocenters. The van der Waals surface area contributed by atoms with Crippen LogP contribution in [0.5, 0.6) is 5.75 Å². The summed E-state index contributed by atoms with van der Waals surface area (Å²) in [5.74, 6) is 0.475. The van der Waals surface area contributed by atoms with E-state index in [9.17, 15) is 9.59 Å². The van der Waals surface area contributed by atoms with Gasteiger partial charge in [-0.05, 0) is 59.7 Å². The molecule has 170 valence electrons. The van der Waals surface area contributed by atoms with E-state index < -0.39 is 5.41 Å². The fourth-order valence-corrected chi connectivity index (χ4v) is 4.56. The first-order chi connectivity index (χ1) is 16.0. The summed E-state index contributed by atoms with van der Waals surface area (Å²) in [5.41, 5.74) is 9.24. The van der Waals surface area contributed by atoms with Crippen molar-refractivity contribution < 1.29 is 14.3 Å². The van der Waals surface area contributed by atoms with Crippen molar-refractivity contribution in [3.8, 4) is 16.9 Å². The van der Waals surface area contributed by atoms with Crippen molar-refractivity contribution in [2.45, 2.75) is 25.7 Å². The lowest BCUT2D eigenvalue weighted by Gasteiger charge is -2.41. The third-order valence-electron chi connectivity index (χ3n) is 6.45. The molecule has 1 fully saturated rings. The highest BCUT2D eigenvalue weighted by molar-refractivity contribution is 5.84. The van der Waals surface area contributed by atoms with Crippen LogP contribution in [0.3, 0.4) is 0 Å². The number of aromatic nitrogens is 1. The number of ether oxygens (including phenoxy) is 1. The molecule has 0 spiro atoms. The van der Waals surface area contributed by atoms with Crippen molar-refractivity contribution in [1.82, 2.24) is 9.88 Å². The van der Waals surface area contributed by atoms with Gasteiger partial charge in [0.25, 0.3) is 0 Å². The quantitative estimate of drug-likeness (QED) is 0.604. The van der Waals surface area contributed by atoms with E-state index >= 15 is 0 Å². The molecule has 6 heteroatoms. The second-order valence-electron chi connectivity index (χ2n) is 8.70. The Balaban J connectivity index is 1.48. The van der Waals surface area contributed by atoms with Gasteiger partial charge in [0.2, 0.25) is 11.8 Å². The maximum absolute atomic E-state index is 12.9. The molecule has 2 heterocycles. The van der Waals surface area contributed by atoms with Gasteiger partial charge in [-0.15, -0.1) is 0 Å². The minimum Gasteiger partial charge on any atom is -0.497 e. The lowest BCUT2D eigenvalue weighted by Crippen LogP contribution is -2.53. The molecule has 2 aromatic carbocycles. The topological polar surface area (TPSA) is 85.5 Å². The van der Waals surface area contributed by atoms with E-state index in [0.29, 0.717) is 25.9 Å². The normalized spacial score (nSPS) is 18.0. The fourth-order valence-electron chi connectivity index (χ4n) is 4.56. The second-order valence-corrected chi connectivity index (χ2v) is 8.70. The molecule has 1 aliphatic rings. The Morgan fingerprint density at radius 3 is 2.33 bits per heavy atom. The minimum absolute atomic E-state index is 0.00294. The number of piperidine rings is 1. The second kappa shape index (κ2) is 9.86. The van der Waals surface area contributed by atoms with Crippen molar-refractivity contribution >= 4 is 11.8 Å². The van der Waals surface area contributed by atoms with Crippen molar-refractivity contribution in [3.63, 3.8) is 0 Å². The van der Waals surface area contributed by atoms with E-state index in [4.69, 9.17) is 10.5 Å². The summed E-state index contributed by atoms with van der Waals surface area (Å²) in [6.07, 6.45) is 5.62. The number of hydrogen-bond acceptors (Lipinski definition) is 4. The van der Waals surface area contributed by atoms with Gasteiger partial charge < -0.3 is 15.4 Å². The van der Waals surface area contributed by atoms with Crippen LogP contribution in [0.15, 0.2) is 73.1 Å². The van der Waals surface area contributed by atoms with E-state index in [1.807, 2.05) is 48.5 Å². The number of pyridine rings is 1. The molecule has 2 amide bonds. The highest BCUT2D eigenvalue weighted by Crippen LogP contribution is 2.34. The molecule has 1 aliphatic heterocycles. The van der Waals surface area contributed by atoms with Crippen LogP contribution in [0.1, 0.15) is 24.0 Å². The maximum Gasteiger partial charge on any atom is 0.227 e. The first-order valence-electron chi connectivity index (χ1n) is 11.2. The predicted octanol–water partition coefficient (Wildman–Crippen LogP) is 3.64. The molecule has 6 nitrogen and oxygen atoms in total. The molecule has 1 saturated heterocycles. The standard InChI is InChI=1S/C27H29N3O3/c1-33-24-11-9-23(10-12-24)22-7-5-20(6-8-22)17-27(26(28)32)13-3-15-30(19-27)25(31)16-21-4-2-14-29-18-21/h2,4-12,14,18H,3,13,15-17,19H2,1H3,(H2,28,32)/t27-/m1/s1. The van der Waals surface area contributed by atoms with Gasteiger partial charge in [0.1, 0.15) is 5.75 Å². The molecular formula is C27H29N3O3. The van der Waals surface area contributed by atoms with E-state index in [1.165, 1.54) is 0 Å². The number of likely N-dealkylation sites (tertiary alicyclic amines) is 1. The summed E-state index contributed by atoms with van der Waals surface area (Å²) in [7, 11) is 1.65. The van der Waals surface area contributed by atoms with Crippen LogP contribution in [-0.4, -0.2) is 41.9 Å². The predicted molar refractivity (Wildman–Crippen MR) is 128 cm³/mol. The molecule has 0 radical (unpaired) electrons. The summed E-state index contributed by atoms with van der Waals surface area (Å²) in [5, 5.41) is 0. The van der Waals surface area contributed by atoms with E-state index in [1.54, 1.807) is 24.4 Å². The molecule has 2 N–H and O–H groups in total. The largest absolute Gasteiger partial charge is 0.497 e. The van der Waals surface area contributed by atoms with Crippen molar-refractivity contribution in [2.24, 2.45) is 11.1 Å². The number of nitrogens with two attached hydrogens (primary N) is 1. The molecule has 4 rings (SSSR count). The Bertz CT molecular complexity index is 1100. The Morgan fingerprint density at radius 2 is 1.73 bits per heavy atom. The average Bonchev–Trinajstić information content (AvgIpc) is 2.85. The molecule has 0 aliphatic carbocycles. The molecule has 1 aromatic heterocycles. The van der Waals surface area contributed by atoms with Crippen LogP contribution in [0.2, 0.25) is 0 Å². The number of benzene rings is 2. The molecular weight excluding hydrogens is 414 g/mol. The number of carbonyl (C=O) groups excluding carboxylic acids is 2. The third-order valence-corrected chi connectivity index (χ3v) is 6.45. The summed E-state index contributed by atoms with van der Waals surface area (Å²) < 4.78 is 5.23. The number of primary amides is 1. The first kappa shape index (κ1) is 22.5. The Labute approximate surface area is 194 Å². The Morgan fingerprint density at radius 1 is 1.03 bits per heavy atom. The van der Waals surface area contributed by atoms with Gasteiger partial charge >= 0.3 is 0 Å². The molecule has 33 heavy (non-hydrogen) atoms. The van der Waals surface area contributed by atoms with Gasteiger partial charge in [0.15, 0.2) is 0 Å². The number of carbonyl (C=O) groups is 2. The molecule has 0 bridgehead atoms. The smallest absolute Gasteiger partial charge is 0.227 e. The van der Waals surface area contributed by atoms with Crippen molar-refractivity contribution in [3.05, 3.63) is 84.2 Å². The number of rotatable bonds is 7. The van der Waals surface area contributed by atoms with Crippen LogP contribution >= 0.6 is 0 Å². The third kappa shape index (κ3) is 5.22. The van der Waals surface area contributed by atoms with Gasteiger partial charge in [-0.2, -0.15) is 0 Å². The van der Waals surface area contributed by atoms with Crippen molar-refractivity contribution in [1.29, 1.82) is 0 Å². The van der Waals surface area contributed by atoms with Crippen LogP contribution in [0, 0.1) is 5.41 Å². The van der Waals surface area contributed by atoms with E-state index in [0.717, 1.165) is 34.4 Å². The van der Waals surface area contributed by atoms with Crippen LogP contribution in [0.25, 0.3) is 11.1 Å². The lowest BCUT2D eigenvalue weighted by atomic mass is 9.74.